The Bertz CT molecular complexity index is 564. The molecule has 0 bridgehead atoms. The summed E-state index contributed by atoms with van der Waals surface area (Å²) in [5.41, 5.74) is 10.7. The van der Waals surface area contributed by atoms with Crippen LogP contribution < -0.4 is 5.73 Å². The molecule has 3 heteroatoms. The summed E-state index contributed by atoms with van der Waals surface area (Å²) in [5.74, 6) is 0. The summed E-state index contributed by atoms with van der Waals surface area (Å²) in [6.07, 6.45) is 0.856. The third-order valence-corrected chi connectivity index (χ3v) is 4.21. The predicted octanol–water partition coefficient (Wildman–Crippen LogP) is 3.92. The monoisotopic (exact) mass is 274 g/mol. The van der Waals surface area contributed by atoms with Crippen molar-refractivity contribution >= 4 is 11.3 Å². The van der Waals surface area contributed by atoms with Crippen LogP contribution in [0.15, 0.2) is 23.6 Å². The van der Waals surface area contributed by atoms with Gasteiger partial charge in [-0.25, -0.2) is 4.98 Å². The maximum Gasteiger partial charge on any atom is 0.123 e. The number of hydrogen-bond donors (Lipinski definition) is 1. The lowest BCUT2D eigenvalue weighted by atomic mass is 9.85. The minimum atomic E-state index is 0.166. The van der Waals surface area contributed by atoms with Gasteiger partial charge in [0.25, 0.3) is 0 Å². The molecule has 1 aromatic heterocycles. The van der Waals surface area contributed by atoms with E-state index in [9.17, 15) is 0 Å². The number of aromatic nitrogens is 1. The van der Waals surface area contributed by atoms with Gasteiger partial charge >= 0.3 is 0 Å². The van der Waals surface area contributed by atoms with Gasteiger partial charge in [0.05, 0.1) is 5.69 Å². The molecular formula is C16H22N2S. The number of hydrogen-bond acceptors (Lipinski definition) is 3. The minimum Gasteiger partial charge on any atom is -0.330 e. The van der Waals surface area contributed by atoms with E-state index >= 15 is 0 Å². The Labute approximate surface area is 119 Å². The standard InChI is InChI=1S/C16H22N2S/c1-11-5-6-12(16(2,3)4)9-14(11)15-18-13(7-8-17)10-19-15/h5-6,9-10H,7-8,17H2,1-4H3. The maximum atomic E-state index is 5.58. The molecule has 0 aliphatic rings. The van der Waals surface area contributed by atoms with Gasteiger partial charge in [0.2, 0.25) is 0 Å². The second kappa shape index (κ2) is 5.43. The molecule has 2 N–H and O–H groups in total. The topological polar surface area (TPSA) is 38.9 Å². The third kappa shape index (κ3) is 3.23. The zero-order valence-electron chi connectivity index (χ0n) is 12.2. The zero-order valence-corrected chi connectivity index (χ0v) is 13.0. The average molecular weight is 274 g/mol. The van der Waals surface area contributed by atoms with Crippen molar-refractivity contribution in [3.63, 3.8) is 0 Å². The van der Waals surface area contributed by atoms with Gasteiger partial charge in [0.15, 0.2) is 0 Å². The van der Waals surface area contributed by atoms with E-state index in [1.807, 2.05) is 0 Å². The van der Waals surface area contributed by atoms with Crippen molar-refractivity contribution in [3.05, 3.63) is 40.4 Å². The van der Waals surface area contributed by atoms with Crippen LogP contribution in [0.2, 0.25) is 0 Å². The Morgan fingerprint density at radius 2 is 2.00 bits per heavy atom. The van der Waals surface area contributed by atoms with Crippen LogP contribution in [0, 0.1) is 6.92 Å². The first-order valence-corrected chi connectivity index (χ1v) is 7.56. The van der Waals surface area contributed by atoms with Crippen LogP contribution in [0.3, 0.4) is 0 Å². The molecule has 1 heterocycles. The largest absolute Gasteiger partial charge is 0.330 e. The first kappa shape index (κ1) is 14.2. The quantitative estimate of drug-likeness (QED) is 0.921. The van der Waals surface area contributed by atoms with E-state index in [1.54, 1.807) is 11.3 Å². The zero-order chi connectivity index (χ0) is 14.0. The summed E-state index contributed by atoms with van der Waals surface area (Å²) < 4.78 is 0. The lowest BCUT2D eigenvalue weighted by Gasteiger charge is -2.20. The van der Waals surface area contributed by atoms with Gasteiger partial charge in [-0.05, 0) is 36.1 Å². The van der Waals surface area contributed by atoms with Gasteiger partial charge in [0.1, 0.15) is 5.01 Å². The summed E-state index contributed by atoms with van der Waals surface area (Å²) in [5, 5.41) is 3.22. The van der Waals surface area contributed by atoms with Crippen LogP contribution >= 0.6 is 11.3 Å². The average Bonchev–Trinajstić information content (AvgIpc) is 2.77. The van der Waals surface area contributed by atoms with Gasteiger partial charge in [-0.1, -0.05) is 32.9 Å². The molecule has 2 rings (SSSR count). The molecule has 0 atom stereocenters. The third-order valence-electron chi connectivity index (χ3n) is 3.29. The molecule has 0 amide bonds. The molecule has 2 aromatic rings. The Morgan fingerprint density at radius 1 is 1.26 bits per heavy atom. The SMILES string of the molecule is Cc1ccc(C(C)(C)C)cc1-c1nc(CCN)cs1. The van der Waals surface area contributed by atoms with Gasteiger partial charge in [-0.3, -0.25) is 0 Å². The van der Waals surface area contributed by atoms with Crippen molar-refractivity contribution < 1.29 is 0 Å². The Kier molecular flexibility index (Phi) is 4.07. The van der Waals surface area contributed by atoms with Gasteiger partial charge in [-0.2, -0.15) is 0 Å². The first-order valence-electron chi connectivity index (χ1n) is 6.68. The van der Waals surface area contributed by atoms with E-state index in [1.165, 1.54) is 16.7 Å². The first-order chi connectivity index (χ1) is 8.91. The summed E-state index contributed by atoms with van der Waals surface area (Å²) in [4.78, 5) is 4.69. The van der Waals surface area contributed by atoms with Crippen molar-refractivity contribution in [1.29, 1.82) is 0 Å². The van der Waals surface area contributed by atoms with Crippen LogP contribution in [0.25, 0.3) is 10.6 Å². The molecule has 19 heavy (non-hydrogen) atoms. The minimum absolute atomic E-state index is 0.166. The normalized spacial score (nSPS) is 11.8. The van der Waals surface area contributed by atoms with Crippen molar-refractivity contribution in [2.75, 3.05) is 6.54 Å². The van der Waals surface area contributed by atoms with E-state index in [0.717, 1.165) is 17.1 Å². The molecule has 2 nitrogen and oxygen atoms in total. The van der Waals surface area contributed by atoms with Crippen LogP contribution in [0.4, 0.5) is 0 Å². The summed E-state index contributed by atoms with van der Waals surface area (Å²) >= 11 is 1.71. The van der Waals surface area contributed by atoms with Crippen LogP contribution in [-0.2, 0) is 11.8 Å². The van der Waals surface area contributed by atoms with Crippen molar-refractivity contribution in [2.24, 2.45) is 5.73 Å². The Hall–Kier alpha value is -1.19. The fourth-order valence-corrected chi connectivity index (χ4v) is 2.95. The molecule has 0 saturated carbocycles. The molecule has 0 fully saturated rings. The number of aryl methyl sites for hydroxylation is 1. The highest BCUT2D eigenvalue weighted by molar-refractivity contribution is 7.13. The van der Waals surface area contributed by atoms with Crippen LogP contribution in [0.5, 0.6) is 0 Å². The van der Waals surface area contributed by atoms with Crippen LogP contribution in [-0.4, -0.2) is 11.5 Å². The molecule has 1 aromatic carbocycles. The number of thiazole rings is 1. The summed E-state index contributed by atoms with van der Waals surface area (Å²) in [6.45, 7) is 9.52. The van der Waals surface area contributed by atoms with Gasteiger partial charge < -0.3 is 5.73 Å². The Balaban J connectivity index is 2.42. The van der Waals surface area contributed by atoms with Crippen molar-refractivity contribution in [3.8, 4) is 10.6 Å². The number of nitrogens with zero attached hydrogens (tertiary/aromatic N) is 1. The number of benzene rings is 1. The summed E-state index contributed by atoms with van der Waals surface area (Å²) in [7, 11) is 0. The van der Waals surface area contributed by atoms with Crippen molar-refractivity contribution in [2.45, 2.75) is 39.5 Å². The van der Waals surface area contributed by atoms with E-state index in [2.05, 4.69) is 51.3 Å². The van der Waals surface area contributed by atoms with E-state index in [0.29, 0.717) is 6.54 Å². The van der Waals surface area contributed by atoms with Gasteiger partial charge in [0, 0.05) is 17.4 Å². The number of nitrogens with two attached hydrogens (primary N) is 1. The second-order valence-electron chi connectivity index (χ2n) is 5.96. The predicted molar refractivity (Wildman–Crippen MR) is 83.7 cm³/mol. The lowest BCUT2D eigenvalue weighted by Crippen LogP contribution is -2.11. The van der Waals surface area contributed by atoms with E-state index in [4.69, 9.17) is 10.7 Å². The summed E-state index contributed by atoms with van der Waals surface area (Å²) in [6, 6.07) is 6.69. The highest BCUT2D eigenvalue weighted by Crippen LogP contribution is 2.31. The van der Waals surface area contributed by atoms with E-state index in [-0.39, 0.29) is 5.41 Å². The smallest absolute Gasteiger partial charge is 0.123 e. The van der Waals surface area contributed by atoms with Crippen molar-refractivity contribution in [1.82, 2.24) is 4.98 Å². The van der Waals surface area contributed by atoms with Crippen LogP contribution in [0.1, 0.15) is 37.6 Å². The molecule has 0 aliphatic carbocycles. The fraction of sp³-hybridized carbons (Fsp3) is 0.438. The fourth-order valence-electron chi connectivity index (χ4n) is 2.01. The molecule has 0 saturated heterocycles. The Morgan fingerprint density at radius 3 is 2.63 bits per heavy atom. The number of rotatable bonds is 3. The molecule has 0 aliphatic heterocycles. The molecular weight excluding hydrogens is 252 g/mol. The molecule has 0 radical (unpaired) electrons. The lowest BCUT2D eigenvalue weighted by molar-refractivity contribution is 0.590. The second-order valence-corrected chi connectivity index (χ2v) is 6.82. The van der Waals surface area contributed by atoms with E-state index < -0.39 is 0 Å². The highest BCUT2D eigenvalue weighted by Gasteiger charge is 2.16. The molecule has 0 spiro atoms. The molecule has 0 unspecified atom stereocenters. The highest BCUT2D eigenvalue weighted by atomic mass is 32.1. The molecule has 102 valence electrons. The van der Waals surface area contributed by atoms with Gasteiger partial charge in [-0.15, -0.1) is 11.3 Å². The maximum absolute atomic E-state index is 5.58.